The molecule has 1 aliphatic rings. The molecule has 30 heavy (non-hydrogen) atoms. The van der Waals surface area contributed by atoms with Gasteiger partial charge in [-0.1, -0.05) is 37.3 Å². The summed E-state index contributed by atoms with van der Waals surface area (Å²) in [5.41, 5.74) is 0.391. The molecule has 1 fully saturated rings. The number of ether oxygens (including phenoxy) is 2. The van der Waals surface area contributed by atoms with Crippen LogP contribution >= 0.6 is 0 Å². The molecule has 168 valence electrons. The Morgan fingerprint density at radius 2 is 1.80 bits per heavy atom. The number of esters is 2. The SMILES string of the molecule is CC[C@@H](O)[C@H](C(=O)OC(C)(C)C)[C@H]1CC[C@@H](C(=O)OC(C)C)N1Cc1ccccc1. The standard InChI is InChI=1S/C24H37NO5/c1-7-20(26)21(23(28)30-24(4,5)6)18-13-14-19(22(27)29-16(2)3)25(18)15-17-11-9-8-10-12-17/h8-12,16,18-21,26H,7,13-15H2,1-6H3/t18-,19+,20-,21-/m1/s1. The molecule has 0 bridgehead atoms. The average molecular weight is 420 g/mol. The Bertz CT molecular complexity index is 697. The van der Waals surface area contributed by atoms with E-state index in [2.05, 4.69) is 0 Å². The molecule has 1 aromatic rings. The maximum Gasteiger partial charge on any atom is 0.323 e. The van der Waals surface area contributed by atoms with Crippen LogP contribution in [0.3, 0.4) is 0 Å². The van der Waals surface area contributed by atoms with E-state index >= 15 is 0 Å². The minimum absolute atomic E-state index is 0.210. The molecule has 1 N–H and O–H groups in total. The normalized spacial score (nSPS) is 22.0. The second kappa shape index (κ2) is 10.4. The van der Waals surface area contributed by atoms with Crippen molar-refractivity contribution in [1.29, 1.82) is 0 Å². The van der Waals surface area contributed by atoms with Gasteiger partial charge >= 0.3 is 11.9 Å². The number of hydrogen-bond acceptors (Lipinski definition) is 6. The van der Waals surface area contributed by atoms with Gasteiger partial charge in [0.25, 0.3) is 0 Å². The van der Waals surface area contributed by atoms with Crippen LogP contribution in [-0.4, -0.2) is 51.8 Å². The van der Waals surface area contributed by atoms with Gasteiger partial charge in [-0.05, 0) is 59.4 Å². The molecule has 1 aromatic carbocycles. The Labute approximate surface area is 180 Å². The molecule has 0 saturated carbocycles. The first kappa shape index (κ1) is 24.4. The van der Waals surface area contributed by atoms with Crippen LogP contribution in [0.1, 0.15) is 66.4 Å². The first-order valence-electron chi connectivity index (χ1n) is 10.9. The van der Waals surface area contributed by atoms with Crippen molar-refractivity contribution in [1.82, 2.24) is 4.90 Å². The van der Waals surface area contributed by atoms with E-state index in [-0.39, 0.29) is 18.1 Å². The third kappa shape index (κ3) is 6.54. The molecule has 0 aromatic heterocycles. The zero-order valence-electron chi connectivity index (χ0n) is 19.1. The van der Waals surface area contributed by atoms with Gasteiger partial charge in [-0.3, -0.25) is 14.5 Å². The Morgan fingerprint density at radius 3 is 2.33 bits per heavy atom. The fourth-order valence-electron chi connectivity index (χ4n) is 4.06. The van der Waals surface area contributed by atoms with Crippen molar-refractivity contribution in [3.63, 3.8) is 0 Å². The Balaban J connectivity index is 2.36. The molecule has 2 rings (SSSR count). The van der Waals surface area contributed by atoms with Crippen LogP contribution in [0.15, 0.2) is 30.3 Å². The lowest BCUT2D eigenvalue weighted by molar-refractivity contribution is -0.169. The Kier molecular flexibility index (Phi) is 8.44. The molecular weight excluding hydrogens is 382 g/mol. The van der Waals surface area contributed by atoms with Crippen LogP contribution < -0.4 is 0 Å². The second-order valence-electron chi connectivity index (χ2n) is 9.34. The zero-order chi connectivity index (χ0) is 22.5. The van der Waals surface area contributed by atoms with E-state index in [4.69, 9.17) is 9.47 Å². The summed E-state index contributed by atoms with van der Waals surface area (Å²) >= 11 is 0. The van der Waals surface area contributed by atoms with Gasteiger partial charge in [-0.25, -0.2) is 0 Å². The van der Waals surface area contributed by atoms with Crippen molar-refractivity contribution in [3.05, 3.63) is 35.9 Å². The minimum atomic E-state index is -0.844. The Morgan fingerprint density at radius 1 is 1.17 bits per heavy atom. The van der Waals surface area contributed by atoms with Crippen molar-refractivity contribution in [2.45, 2.75) is 97.2 Å². The molecule has 6 nitrogen and oxygen atoms in total. The number of benzene rings is 1. The maximum absolute atomic E-state index is 13.1. The quantitative estimate of drug-likeness (QED) is 0.648. The van der Waals surface area contributed by atoms with Crippen LogP contribution in [0.25, 0.3) is 0 Å². The van der Waals surface area contributed by atoms with E-state index in [1.54, 1.807) is 0 Å². The maximum atomic E-state index is 13.1. The molecule has 0 aliphatic carbocycles. The summed E-state index contributed by atoms with van der Waals surface area (Å²) in [5, 5.41) is 10.8. The number of hydrogen-bond donors (Lipinski definition) is 1. The van der Waals surface area contributed by atoms with E-state index in [0.29, 0.717) is 25.8 Å². The highest BCUT2D eigenvalue weighted by molar-refractivity contribution is 5.78. The van der Waals surface area contributed by atoms with Gasteiger partial charge in [-0.15, -0.1) is 0 Å². The van der Waals surface area contributed by atoms with Crippen LogP contribution in [0.4, 0.5) is 0 Å². The summed E-state index contributed by atoms with van der Waals surface area (Å²) in [6.07, 6.45) is 0.575. The monoisotopic (exact) mass is 419 g/mol. The van der Waals surface area contributed by atoms with E-state index in [0.717, 1.165) is 5.56 Å². The van der Waals surface area contributed by atoms with E-state index in [9.17, 15) is 14.7 Å². The summed E-state index contributed by atoms with van der Waals surface area (Å²) in [4.78, 5) is 27.9. The van der Waals surface area contributed by atoms with Crippen molar-refractivity contribution < 1.29 is 24.2 Å². The topological polar surface area (TPSA) is 76.1 Å². The zero-order valence-corrected chi connectivity index (χ0v) is 19.1. The van der Waals surface area contributed by atoms with Crippen LogP contribution in [-0.2, 0) is 25.6 Å². The molecule has 0 unspecified atom stereocenters. The average Bonchev–Trinajstić information content (AvgIpc) is 3.03. The first-order chi connectivity index (χ1) is 14.0. The Hall–Kier alpha value is -1.92. The molecule has 1 heterocycles. The number of aliphatic hydroxyl groups is 1. The van der Waals surface area contributed by atoms with Gasteiger partial charge in [0.15, 0.2) is 0 Å². The third-order valence-electron chi connectivity index (χ3n) is 5.32. The fraction of sp³-hybridized carbons (Fsp3) is 0.667. The molecule has 1 saturated heterocycles. The van der Waals surface area contributed by atoms with Gasteiger partial charge in [0, 0.05) is 12.6 Å². The molecule has 6 heteroatoms. The van der Waals surface area contributed by atoms with Gasteiger partial charge < -0.3 is 14.6 Å². The largest absolute Gasteiger partial charge is 0.462 e. The number of aliphatic hydroxyl groups excluding tert-OH is 1. The van der Waals surface area contributed by atoms with E-state index in [1.165, 1.54) is 0 Å². The lowest BCUT2D eigenvalue weighted by atomic mass is 9.90. The van der Waals surface area contributed by atoms with Gasteiger partial charge in [0.05, 0.1) is 18.1 Å². The van der Waals surface area contributed by atoms with Crippen molar-refractivity contribution >= 4 is 11.9 Å². The number of carbonyl (C=O) groups excluding carboxylic acids is 2. The van der Waals surface area contributed by atoms with Gasteiger partial charge in [-0.2, -0.15) is 0 Å². The van der Waals surface area contributed by atoms with Crippen molar-refractivity contribution in [3.8, 4) is 0 Å². The number of carbonyl (C=O) groups is 2. The highest BCUT2D eigenvalue weighted by atomic mass is 16.6. The van der Waals surface area contributed by atoms with Crippen molar-refractivity contribution in [2.75, 3.05) is 0 Å². The summed E-state index contributed by atoms with van der Waals surface area (Å²) in [7, 11) is 0. The van der Waals surface area contributed by atoms with Crippen LogP contribution in [0, 0.1) is 5.92 Å². The number of likely N-dealkylation sites (tertiary alicyclic amines) is 1. The molecule has 4 atom stereocenters. The van der Waals surface area contributed by atoms with Gasteiger partial charge in [0.2, 0.25) is 0 Å². The number of rotatable bonds is 8. The predicted octanol–water partition coefficient (Wildman–Crippen LogP) is 3.70. The van der Waals surface area contributed by atoms with Gasteiger partial charge in [0.1, 0.15) is 11.6 Å². The number of nitrogens with zero attached hydrogens (tertiary/aromatic N) is 1. The molecule has 0 amide bonds. The smallest absolute Gasteiger partial charge is 0.323 e. The summed E-state index contributed by atoms with van der Waals surface area (Å²) in [6.45, 7) is 11.5. The van der Waals surface area contributed by atoms with Crippen molar-refractivity contribution in [2.24, 2.45) is 5.92 Å². The fourth-order valence-corrected chi connectivity index (χ4v) is 4.06. The summed E-state index contributed by atoms with van der Waals surface area (Å²) in [5.74, 6) is -1.43. The molecule has 1 aliphatic heterocycles. The van der Waals surface area contributed by atoms with E-state index in [1.807, 2.05) is 76.8 Å². The van der Waals surface area contributed by atoms with Crippen LogP contribution in [0.5, 0.6) is 0 Å². The second-order valence-corrected chi connectivity index (χ2v) is 9.34. The first-order valence-corrected chi connectivity index (χ1v) is 10.9. The highest BCUT2D eigenvalue weighted by Gasteiger charge is 2.47. The summed E-state index contributed by atoms with van der Waals surface area (Å²) in [6, 6.07) is 9.09. The minimum Gasteiger partial charge on any atom is -0.462 e. The predicted molar refractivity (Wildman–Crippen MR) is 116 cm³/mol. The third-order valence-corrected chi connectivity index (χ3v) is 5.32. The molecule has 0 radical (unpaired) electrons. The van der Waals surface area contributed by atoms with Crippen LogP contribution in [0.2, 0.25) is 0 Å². The molecule has 0 spiro atoms. The highest BCUT2D eigenvalue weighted by Crippen LogP contribution is 2.35. The lowest BCUT2D eigenvalue weighted by Crippen LogP contribution is -2.50. The van der Waals surface area contributed by atoms with E-state index < -0.39 is 29.6 Å². The lowest BCUT2D eigenvalue weighted by Gasteiger charge is -2.36. The summed E-state index contributed by atoms with van der Waals surface area (Å²) < 4.78 is 11.2. The molecular formula is C24H37NO5.